The number of methoxy groups -OCH3 is 1. The highest BCUT2D eigenvalue weighted by Crippen LogP contribution is 2.25. The number of pyridine rings is 3. The van der Waals surface area contributed by atoms with Crippen molar-refractivity contribution in [2.24, 2.45) is 7.05 Å². The summed E-state index contributed by atoms with van der Waals surface area (Å²) in [6.07, 6.45) is 3.29. The third-order valence-electron chi connectivity index (χ3n) is 5.24. The monoisotopic (exact) mass is 414 g/mol. The fourth-order valence-corrected chi connectivity index (χ4v) is 3.49. The lowest BCUT2D eigenvalue weighted by Gasteiger charge is -2.13. The first-order valence-electron chi connectivity index (χ1n) is 9.76. The number of nitrogens with zero attached hydrogens (tertiary/aromatic N) is 3. The Morgan fingerprint density at radius 3 is 2.52 bits per heavy atom. The van der Waals surface area contributed by atoms with E-state index in [0.29, 0.717) is 28.3 Å². The van der Waals surface area contributed by atoms with Crippen molar-refractivity contribution in [1.29, 1.82) is 0 Å². The maximum Gasteiger partial charge on any atom is 0.258 e. The number of fused-ring (bicyclic) bond motifs is 1. The molecular weight excluding hydrogens is 392 g/mol. The van der Waals surface area contributed by atoms with E-state index in [-0.39, 0.29) is 11.5 Å². The molecule has 0 spiro atoms. The lowest BCUT2D eigenvalue weighted by atomic mass is 9.97. The van der Waals surface area contributed by atoms with Crippen LogP contribution in [-0.2, 0) is 7.05 Å². The van der Waals surface area contributed by atoms with Gasteiger partial charge in [0.25, 0.3) is 11.5 Å². The number of ether oxygens (including phenoxy) is 1. The van der Waals surface area contributed by atoms with Crippen LogP contribution in [0.25, 0.3) is 22.0 Å². The Bertz CT molecular complexity index is 1360. The van der Waals surface area contributed by atoms with Gasteiger partial charge in [0, 0.05) is 41.5 Å². The zero-order valence-electron chi connectivity index (χ0n) is 17.8. The van der Waals surface area contributed by atoms with Crippen molar-refractivity contribution in [2.45, 2.75) is 13.8 Å². The Morgan fingerprint density at radius 1 is 1.00 bits per heavy atom. The minimum Gasteiger partial charge on any atom is -0.481 e. The molecule has 1 aromatic carbocycles. The van der Waals surface area contributed by atoms with Gasteiger partial charge in [0.15, 0.2) is 0 Å². The minimum atomic E-state index is -0.289. The van der Waals surface area contributed by atoms with Gasteiger partial charge in [0.1, 0.15) is 0 Å². The SMILES string of the molecule is COc1ccc(NC(=O)c2ccc(C)c(-c3cc4cnc(C)cc4n(C)c3=O)c2)cn1. The van der Waals surface area contributed by atoms with Gasteiger partial charge in [-0.25, -0.2) is 4.98 Å². The minimum absolute atomic E-state index is 0.127. The van der Waals surface area contributed by atoms with Gasteiger partial charge in [-0.3, -0.25) is 14.6 Å². The van der Waals surface area contributed by atoms with Gasteiger partial charge >= 0.3 is 0 Å². The summed E-state index contributed by atoms with van der Waals surface area (Å²) in [7, 11) is 3.28. The number of carbonyl (C=O) groups is 1. The Hall–Kier alpha value is -4.00. The molecule has 1 amide bonds. The molecule has 0 unspecified atom stereocenters. The van der Waals surface area contributed by atoms with E-state index in [0.717, 1.165) is 22.2 Å². The van der Waals surface area contributed by atoms with Crippen LogP contribution < -0.4 is 15.6 Å². The van der Waals surface area contributed by atoms with Gasteiger partial charge < -0.3 is 14.6 Å². The summed E-state index contributed by atoms with van der Waals surface area (Å²) in [5.74, 6) is 0.176. The number of amides is 1. The number of carbonyl (C=O) groups excluding carboxylic acids is 1. The summed E-state index contributed by atoms with van der Waals surface area (Å²) in [6.45, 7) is 3.81. The van der Waals surface area contributed by atoms with E-state index in [1.807, 2.05) is 32.0 Å². The average molecular weight is 414 g/mol. The number of anilines is 1. The van der Waals surface area contributed by atoms with Gasteiger partial charge in [-0.05, 0) is 55.3 Å². The van der Waals surface area contributed by atoms with Crippen molar-refractivity contribution in [3.8, 4) is 17.0 Å². The van der Waals surface area contributed by atoms with Gasteiger partial charge in [-0.15, -0.1) is 0 Å². The number of aromatic nitrogens is 3. The van der Waals surface area contributed by atoms with Crippen LogP contribution in [0.5, 0.6) is 5.88 Å². The third kappa shape index (κ3) is 3.90. The van der Waals surface area contributed by atoms with Crippen molar-refractivity contribution in [3.63, 3.8) is 0 Å². The molecule has 0 saturated carbocycles. The van der Waals surface area contributed by atoms with E-state index in [4.69, 9.17) is 4.74 Å². The van der Waals surface area contributed by atoms with Crippen LogP contribution >= 0.6 is 0 Å². The van der Waals surface area contributed by atoms with Gasteiger partial charge in [-0.2, -0.15) is 0 Å². The molecule has 1 N–H and O–H groups in total. The van der Waals surface area contributed by atoms with E-state index in [9.17, 15) is 9.59 Å². The Balaban J connectivity index is 1.74. The van der Waals surface area contributed by atoms with Gasteiger partial charge in [0.05, 0.1) is 24.5 Å². The van der Waals surface area contributed by atoms with E-state index in [1.165, 1.54) is 13.3 Å². The molecule has 4 aromatic rings. The lowest BCUT2D eigenvalue weighted by molar-refractivity contribution is 0.102. The largest absolute Gasteiger partial charge is 0.481 e. The molecule has 7 heteroatoms. The second kappa shape index (κ2) is 8.02. The number of benzene rings is 1. The molecule has 0 radical (unpaired) electrons. The van der Waals surface area contributed by atoms with Crippen LogP contribution in [-0.4, -0.2) is 27.6 Å². The van der Waals surface area contributed by atoms with E-state index in [1.54, 1.807) is 42.1 Å². The maximum atomic E-state index is 13.1. The molecule has 0 atom stereocenters. The molecule has 7 nitrogen and oxygen atoms in total. The predicted molar refractivity (Wildman–Crippen MR) is 121 cm³/mol. The molecule has 4 rings (SSSR count). The van der Waals surface area contributed by atoms with Crippen LogP contribution in [0.1, 0.15) is 21.6 Å². The van der Waals surface area contributed by atoms with Crippen LogP contribution in [0.15, 0.2) is 59.7 Å². The molecule has 0 bridgehead atoms. The fourth-order valence-electron chi connectivity index (χ4n) is 3.49. The highest BCUT2D eigenvalue weighted by atomic mass is 16.5. The summed E-state index contributed by atoms with van der Waals surface area (Å²) >= 11 is 0. The lowest BCUT2D eigenvalue weighted by Crippen LogP contribution is -2.20. The highest BCUT2D eigenvalue weighted by Gasteiger charge is 2.15. The molecule has 0 aliphatic rings. The normalized spacial score (nSPS) is 10.8. The maximum absolute atomic E-state index is 13.1. The van der Waals surface area contributed by atoms with Crippen LogP contribution in [0.3, 0.4) is 0 Å². The summed E-state index contributed by atoms with van der Waals surface area (Å²) < 4.78 is 6.65. The van der Waals surface area contributed by atoms with Gasteiger partial charge in [0.2, 0.25) is 5.88 Å². The van der Waals surface area contributed by atoms with Crippen LogP contribution in [0.4, 0.5) is 5.69 Å². The molecular formula is C24H22N4O3. The van der Waals surface area contributed by atoms with Crippen molar-refractivity contribution < 1.29 is 9.53 Å². The van der Waals surface area contributed by atoms with Crippen molar-refractivity contribution in [3.05, 3.63) is 82.0 Å². The number of rotatable bonds is 4. The van der Waals surface area contributed by atoms with Gasteiger partial charge in [-0.1, -0.05) is 6.07 Å². The summed E-state index contributed by atoms with van der Waals surface area (Å²) in [5, 5.41) is 3.68. The Labute approximate surface area is 179 Å². The summed E-state index contributed by atoms with van der Waals surface area (Å²) in [4.78, 5) is 34.3. The number of aryl methyl sites for hydroxylation is 3. The average Bonchev–Trinajstić information content (AvgIpc) is 2.77. The first kappa shape index (κ1) is 20.3. The van der Waals surface area contributed by atoms with Crippen molar-refractivity contribution in [1.82, 2.24) is 14.5 Å². The molecule has 31 heavy (non-hydrogen) atoms. The van der Waals surface area contributed by atoms with Crippen LogP contribution in [0, 0.1) is 13.8 Å². The summed E-state index contributed by atoms with van der Waals surface area (Å²) in [6, 6.07) is 12.4. The Morgan fingerprint density at radius 2 is 1.81 bits per heavy atom. The first-order valence-corrected chi connectivity index (χ1v) is 9.76. The smallest absolute Gasteiger partial charge is 0.258 e. The first-order chi connectivity index (χ1) is 14.9. The standard InChI is InChI=1S/C24H22N4O3/c1-14-5-6-16(23(29)27-18-7-8-22(31-4)26-13-18)10-19(14)20-11-17-12-25-15(2)9-21(17)28(3)24(20)30/h5-13H,1-4H3,(H,27,29). The van der Waals surface area contributed by atoms with Crippen molar-refractivity contribution in [2.75, 3.05) is 12.4 Å². The molecule has 3 heterocycles. The quantitative estimate of drug-likeness (QED) is 0.548. The molecule has 0 fully saturated rings. The molecule has 3 aromatic heterocycles. The van der Waals surface area contributed by atoms with E-state index >= 15 is 0 Å². The highest BCUT2D eigenvalue weighted by molar-refractivity contribution is 6.05. The number of nitrogens with one attached hydrogen (secondary N) is 1. The molecule has 0 aliphatic heterocycles. The predicted octanol–water partition coefficient (Wildman–Crippen LogP) is 3.87. The topological polar surface area (TPSA) is 86.1 Å². The molecule has 156 valence electrons. The fraction of sp³-hybridized carbons (Fsp3) is 0.167. The molecule has 0 aliphatic carbocycles. The van der Waals surface area contributed by atoms with E-state index < -0.39 is 0 Å². The zero-order chi connectivity index (χ0) is 22.1. The van der Waals surface area contributed by atoms with E-state index in [2.05, 4.69) is 15.3 Å². The van der Waals surface area contributed by atoms with Crippen LogP contribution in [0.2, 0.25) is 0 Å². The Kier molecular flexibility index (Phi) is 5.25. The zero-order valence-corrected chi connectivity index (χ0v) is 17.8. The third-order valence-corrected chi connectivity index (χ3v) is 5.24. The molecule has 0 saturated heterocycles. The number of hydrogen-bond donors (Lipinski definition) is 1. The number of hydrogen-bond acceptors (Lipinski definition) is 5. The second-order valence-corrected chi connectivity index (χ2v) is 7.38. The summed E-state index contributed by atoms with van der Waals surface area (Å²) in [5.41, 5.74) is 4.68. The second-order valence-electron chi connectivity index (χ2n) is 7.38. The van der Waals surface area contributed by atoms with Crippen molar-refractivity contribution >= 4 is 22.5 Å².